The maximum absolute atomic E-state index is 13.2. The molecule has 2 aromatic rings. The van der Waals surface area contributed by atoms with E-state index in [2.05, 4.69) is 10.3 Å². The molecule has 5 heteroatoms. The molecule has 0 saturated heterocycles. The van der Waals surface area contributed by atoms with E-state index < -0.39 is 0 Å². The number of nitrogens with one attached hydrogen (secondary N) is 1. The maximum atomic E-state index is 13.2. The van der Waals surface area contributed by atoms with Gasteiger partial charge in [-0.15, -0.1) is 0 Å². The highest BCUT2D eigenvalue weighted by molar-refractivity contribution is 6.30. The largest absolute Gasteiger partial charge is 0.383 e. The Bertz CT molecular complexity index is 601. The zero-order valence-corrected chi connectivity index (χ0v) is 11.5. The van der Waals surface area contributed by atoms with Gasteiger partial charge in [0.2, 0.25) is 0 Å². The Morgan fingerprint density at radius 2 is 2.05 bits per heavy atom. The minimum atomic E-state index is -0.256. The Hall–Kier alpha value is -1.65. The first-order valence-electron chi connectivity index (χ1n) is 5.87. The molecular weight excluding hydrogens is 265 g/mol. The van der Waals surface area contributed by atoms with Crippen molar-refractivity contribution in [3.05, 3.63) is 58.0 Å². The Labute approximate surface area is 116 Å². The third-order valence-corrected chi connectivity index (χ3v) is 3.27. The van der Waals surface area contributed by atoms with Crippen molar-refractivity contribution >= 4 is 17.4 Å². The Morgan fingerprint density at radius 1 is 1.32 bits per heavy atom. The molecule has 0 aliphatic rings. The predicted molar refractivity (Wildman–Crippen MR) is 75.7 cm³/mol. The van der Waals surface area contributed by atoms with Crippen LogP contribution in [0.15, 0.2) is 30.5 Å². The van der Waals surface area contributed by atoms with Crippen molar-refractivity contribution in [2.24, 2.45) is 0 Å². The van der Waals surface area contributed by atoms with Crippen molar-refractivity contribution in [2.45, 2.75) is 13.0 Å². The van der Waals surface area contributed by atoms with E-state index in [1.165, 1.54) is 18.3 Å². The van der Waals surface area contributed by atoms with Crippen LogP contribution < -0.4 is 11.1 Å². The number of pyridine rings is 1. The average Bonchev–Trinajstić information content (AvgIpc) is 2.36. The van der Waals surface area contributed by atoms with Crippen molar-refractivity contribution in [3.8, 4) is 0 Å². The standard InChI is InChI=1S/C14H15ClFN3/c1-8-5-10(16)3-4-11(8)13(18-2)12-6-9(15)7-19-14(12)17/h3-7,13,18H,1-2H3,(H2,17,19). The molecule has 100 valence electrons. The van der Waals surface area contributed by atoms with Gasteiger partial charge in [-0.1, -0.05) is 17.7 Å². The van der Waals surface area contributed by atoms with E-state index in [1.807, 2.05) is 14.0 Å². The van der Waals surface area contributed by atoms with Crippen LogP contribution in [0.2, 0.25) is 5.02 Å². The van der Waals surface area contributed by atoms with Crippen molar-refractivity contribution in [3.63, 3.8) is 0 Å². The fraction of sp³-hybridized carbons (Fsp3) is 0.214. The van der Waals surface area contributed by atoms with Crippen LogP contribution in [0, 0.1) is 12.7 Å². The molecule has 0 aliphatic carbocycles. The van der Waals surface area contributed by atoms with Crippen LogP contribution in [0.1, 0.15) is 22.7 Å². The summed E-state index contributed by atoms with van der Waals surface area (Å²) in [6, 6.07) is 6.26. The van der Waals surface area contributed by atoms with Crippen LogP contribution in [-0.4, -0.2) is 12.0 Å². The van der Waals surface area contributed by atoms with Gasteiger partial charge >= 0.3 is 0 Å². The van der Waals surface area contributed by atoms with Gasteiger partial charge in [0.1, 0.15) is 11.6 Å². The molecule has 2 rings (SSSR count). The number of rotatable bonds is 3. The highest BCUT2D eigenvalue weighted by Gasteiger charge is 2.18. The highest BCUT2D eigenvalue weighted by Crippen LogP contribution is 2.29. The Kier molecular flexibility index (Phi) is 4.02. The first kappa shape index (κ1) is 13.8. The molecular formula is C14H15ClFN3. The minimum absolute atomic E-state index is 0.174. The minimum Gasteiger partial charge on any atom is -0.383 e. The molecule has 3 nitrogen and oxygen atoms in total. The number of hydrogen-bond acceptors (Lipinski definition) is 3. The van der Waals surface area contributed by atoms with E-state index in [0.717, 1.165) is 16.7 Å². The summed E-state index contributed by atoms with van der Waals surface area (Å²) >= 11 is 5.96. The zero-order chi connectivity index (χ0) is 14.0. The summed E-state index contributed by atoms with van der Waals surface area (Å²) in [5.41, 5.74) is 8.47. The van der Waals surface area contributed by atoms with Gasteiger partial charge in [0.25, 0.3) is 0 Å². The van der Waals surface area contributed by atoms with Gasteiger partial charge in [-0.2, -0.15) is 0 Å². The molecule has 3 N–H and O–H groups in total. The summed E-state index contributed by atoms with van der Waals surface area (Å²) in [4.78, 5) is 4.05. The molecule has 19 heavy (non-hydrogen) atoms. The Morgan fingerprint density at radius 3 is 2.68 bits per heavy atom. The van der Waals surface area contributed by atoms with Gasteiger partial charge in [-0.25, -0.2) is 9.37 Å². The first-order valence-corrected chi connectivity index (χ1v) is 6.25. The second-order valence-electron chi connectivity index (χ2n) is 4.35. The van der Waals surface area contributed by atoms with E-state index in [4.69, 9.17) is 17.3 Å². The zero-order valence-electron chi connectivity index (χ0n) is 10.7. The molecule has 0 amide bonds. The number of aryl methyl sites for hydroxylation is 1. The summed E-state index contributed by atoms with van der Waals surface area (Å²) in [7, 11) is 1.81. The summed E-state index contributed by atoms with van der Waals surface area (Å²) in [6.45, 7) is 1.86. The number of benzene rings is 1. The molecule has 0 fully saturated rings. The fourth-order valence-electron chi connectivity index (χ4n) is 2.14. The summed E-state index contributed by atoms with van der Waals surface area (Å²) in [5, 5.41) is 3.68. The molecule has 1 heterocycles. The Balaban J connectivity index is 2.52. The smallest absolute Gasteiger partial charge is 0.128 e. The number of anilines is 1. The lowest BCUT2D eigenvalue weighted by Gasteiger charge is -2.20. The molecule has 1 atom stereocenters. The van der Waals surface area contributed by atoms with Crippen LogP contribution >= 0.6 is 11.6 Å². The molecule has 0 bridgehead atoms. The summed E-state index contributed by atoms with van der Waals surface area (Å²) in [6.07, 6.45) is 1.50. The molecule has 1 unspecified atom stereocenters. The monoisotopic (exact) mass is 279 g/mol. The van der Waals surface area contributed by atoms with Gasteiger partial charge in [-0.3, -0.25) is 0 Å². The van der Waals surface area contributed by atoms with Crippen molar-refractivity contribution in [2.75, 3.05) is 12.8 Å². The normalized spacial score (nSPS) is 12.4. The molecule has 0 spiro atoms. The second kappa shape index (κ2) is 5.55. The van der Waals surface area contributed by atoms with Crippen LogP contribution in [0.4, 0.5) is 10.2 Å². The van der Waals surface area contributed by atoms with Gasteiger partial charge in [0.05, 0.1) is 11.1 Å². The first-order chi connectivity index (χ1) is 9.02. The number of aromatic nitrogens is 1. The van der Waals surface area contributed by atoms with Crippen LogP contribution in [0.25, 0.3) is 0 Å². The number of nitrogen functional groups attached to an aromatic ring is 1. The van der Waals surface area contributed by atoms with Gasteiger partial charge in [0.15, 0.2) is 0 Å². The number of nitrogens with zero attached hydrogens (tertiary/aromatic N) is 1. The lowest BCUT2D eigenvalue weighted by atomic mass is 9.95. The van der Waals surface area contributed by atoms with E-state index in [1.54, 1.807) is 12.1 Å². The van der Waals surface area contributed by atoms with Crippen LogP contribution in [0.5, 0.6) is 0 Å². The highest BCUT2D eigenvalue weighted by atomic mass is 35.5. The lowest BCUT2D eigenvalue weighted by molar-refractivity contribution is 0.621. The third kappa shape index (κ3) is 2.85. The molecule has 0 radical (unpaired) electrons. The molecule has 1 aromatic heterocycles. The van der Waals surface area contributed by atoms with Gasteiger partial charge in [0, 0.05) is 11.8 Å². The topological polar surface area (TPSA) is 50.9 Å². The van der Waals surface area contributed by atoms with Gasteiger partial charge < -0.3 is 11.1 Å². The van der Waals surface area contributed by atoms with Crippen molar-refractivity contribution in [1.82, 2.24) is 10.3 Å². The number of halogens is 2. The molecule has 0 aliphatic heterocycles. The third-order valence-electron chi connectivity index (χ3n) is 3.06. The molecule has 0 saturated carbocycles. The number of nitrogens with two attached hydrogens (primary N) is 1. The quantitative estimate of drug-likeness (QED) is 0.908. The van der Waals surface area contributed by atoms with E-state index in [9.17, 15) is 4.39 Å². The number of hydrogen-bond donors (Lipinski definition) is 2. The predicted octanol–water partition coefficient (Wildman–Crippen LogP) is 3.07. The average molecular weight is 280 g/mol. The maximum Gasteiger partial charge on any atom is 0.128 e. The summed E-state index contributed by atoms with van der Waals surface area (Å²) in [5.74, 6) is 0.153. The van der Waals surface area contributed by atoms with Crippen LogP contribution in [-0.2, 0) is 0 Å². The fourth-order valence-corrected chi connectivity index (χ4v) is 2.30. The van der Waals surface area contributed by atoms with E-state index in [0.29, 0.717) is 10.8 Å². The lowest BCUT2D eigenvalue weighted by Crippen LogP contribution is -2.20. The van der Waals surface area contributed by atoms with Crippen molar-refractivity contribution in [1.29, 1.82) is 0 Å². The molecule has 1 aromatic carbocycles. The van der Waals surface area contributed by atoms with E-state index >= 15 is 0 Å². The van der Waals surface area contributed by atoms with Crippen LogP contribution in [0.3, 0.4) is 0 Å². The summed E-state index contributed by atoms with van der Waals surface area (Å²) < 4.78 is 13.2. The second-order valence-corrected chi connectivity index (χ2v) is 4.79. The van der Waals surface area contributed by atoms with Crippen molar-refractivity contribution < 1.29 is 4.39 Å². The SMILES string of the molecule is CNC(c1ccc(F)cc1C)c1cc(Cl)cnc1N. The van der Waals surface area contributed by atoms with Gasteiger partial charge in [-0.05, 0) is 43.3 Å². The van der Waals surface area contributed by atoms with E-state index in [-0.39, 0.29) is 11.9 Å².